The fourth-order valence-electron chi connectivity index (χ4n) is 3.12. The highest BCUT2D eigenvalue weighted by molar-refractivity contribution is 7.09. The lowest BCUT2D eigenvalue weighted by Crippen LogP contribution is -2.31. The van der Waals surface area contributed by atoms with Gasteiger partial charge in [-0.25, -0.2) is 4.98 Å². The van der Waals surface area contributed by atoms with Gasteiger partial charge in [0, 0.05) is 18.5 Å². The molecule has 0 aliphatic carbocycles. The van der Waals surface area contributed by atoms with Crippen molar-refractivity contribution in [1.82, 2.24) is 9.88 Å². The van der Waals surface area contributed by atoms with Crippen LogP contribution in [0.3, 0.4) is 0 Å². The Hall–Kier alpha value is -3.06. The van der Waals surface area contributed by atoms with Crippen molar-refractivity contribution in [2.24, 2.45) is 0 Å². The van der Waals surface area contributed by atoms with Crippen LogP contribution in [0.1, 0.15) is 28.8 Å². The average Bonchev–Trinajstić information content (AvgIpc) is 3.23. The molecule has 2 aromatic carbocycles. The number of benzene rings is 2. The van der Waals surface area contributed by atoms with E-state index in [4.69, 9.17) is 14.2 Å². The second kappa shape index (κ2) is 10.8. The molecule has 0 fully saturated rings. The van der Waals surface area contributed by atoms with E-state index in [1.807, 2.05) is 66.6 Å². The largest absolute Gasteiger partial charge is 0.493 e. The summed E-state index contributed by atoms with van der Waals surface area (Å²) in [6.45, 7) is 5.52. The van der Waals surface area contributed by atoms with Gasteiger partial charge in [-0.2, -0.15) is 0 Å². The van der Waals surface area contributed by atoms with Gasteiger partial charge in [0.2, 0.25) is 5.91 Å². The molecule has 7 heteroatoms. The zero-order valence-electron chi connectivity index (χ0n) is 18.4. The molecule has 3 rings (SSSR count). The quantitative estimate of drug-likeness (QED) is 0.460. The Balaban J connectivity index is 1.57. The predicted octanol–water partition coefficient (Wildman–Crippen LogP) is 4.64. The molecular formula is C24H28N2O4S. The van der Waals surface area contributed by atoms with Crippen LogP contribution in [-0.4, -0.2) is 36.6 Å². The summed E-state index contributed by atoms with van der Waals surface area (Å²) in [6, 6.07) is 13.6. The smallest absolute Gasteiger partial charge is 0.228 e. The molecule has 0 saturated carbocycles. The first-order valence-electron chi connectivity index (χ1n) is 10.1. The Morgan fingerprint density at radius 3 is 2.48 bits per heavy atom. The Kier molecular flexibility index (Phi) is 7.89. The Morgan fingerprint density at radius 2 is 1.81 bits per heavy atom. The average molecular weight is 441 g/mol. The molecule has 0 aliphatic rings. The fourth-order valence-corrected chi connectivity index (χ4v) is 3.82. The number of amides is 1. The highest BCUT2D eigenvalue weighted by atomic mass is 32.1. The van der Waals surface area contributed by atoms with Gasteiger partial charge in [-0.3, -0.25) is 4.79 Å². The third kappa shape index (κ3) is 6.21. The van der Waals surface area contributed by atoms with Crippen LogP contribution < -0.4 is 14.2 Å². The molecule has 0 aliphatic heterocycles. The molecule has 164 valence electrons. The second-order valence-electron chi connectivity index (χ2n) is 7.11. The van der Waals surface area contributed by atoms with E-state index in [-0.39, 0.29) is 12.3 Å². The van der Waals surface area contributed by atoms with Crippen LogP contribution in [0, 0.1) is 6.92 Å². The number of nitrogens with zero attached hydrogens (tertiary/aromatic N) is 2. The number of aromatic nitrogens is 1. The first-order chi connectivity index (χ1) is 15.0. The second-order valence-corrected chi connectivity index (χ2v) is 8.05. The van der Waals surface area contributed by atoms with E-state index in [9.17, 15) is 4.79 Å². The molecular weight excluding hydrogens is 412 g/mol. The zero-order valence-corrected chi connectivity index (χ0v) is 19.2. The van der Waals surface area contributed by atoms with Crippen molar-refractivity contribution in [1.29, 1.82) is 0 Å². The van der Waals surface area contributed by atoms with Crippen molar-refractivity contribution in [3.8, 4) is 17.2 Å². The summed E-state index contributed by atoms with van der Waals surface area (Å²) in [5.41, 5.74) is 2.94. The Labute approximate surface area is 187 Å². The molecule has 0 unspecified atom stereocenters. The summed E-state index contributed by atoms with van der Waals surface area (Å²) in [6.07, 6.45) is 0.266. The van der Waals surface area contributed by atoms with Crippen LogP contribution in [-0.2, 0) is 24.4 Å². The maximum absolute atomic E-state index is 12.8. The number of rotatable bonds is 10. The van der Waals surface area contributed by atoms with E-state index >= 15 is 0 Å². The summed E-state index contributed by atoms with van der Waals surface area (Å²) in [4.78, 5) is 19.2. The van der Waals surface area contributed by atoms with Crippen molar-refractivity contribution in [2.75, 3.05) is 20.8 Å². The van der Waals surface area contributed by atoms with E-state index in [0.29, 0.717) is 31.2 Å². The lowest BCUT2D eigenvalue weighted by atomic mass is 10.1. The monoisotopic (exact) mass is 440 g/mol. The minimum absolute atomic E-state index is 0.0357. The topological polar surface area (TPSA) is 60.9 Å². The fraction of sp³-hybridized carbons (Fsp3) is 0.333. The van der Waals surface area contributed by atoms with Gasteiger partial charge in [0.1, 0.15) is 17.4 Å². The lowest BCUT2D eigenvalue weighted by Gasteiger charge is -2.21. The number of likely N-dealkylation sites (N-methyl/N-ethyl adjacent to an activating group) is 1. The molecule has 1 amide bonds. The number of carbonyl (C=O) groups is 1. The van der Waals surface area contributed by atoms with E-state index < -0.39 is 0 Å². The number of hydrogen-bond donors (Lipinski definition) is 0. The van der Waals surface area contributed by atoms with E-state index in [0.717, 1.165) is 22.0 Å². The van der Waals surface area contributed by atoms with E-state index in [1.165, 1.54) is 16.9 Å². The molecule has 1 aromatic heterocycles. The zero-order chi connectivity index (χ0) is 22.2. The van der Waals surface area contributed by atoms with E-state index in [1.54, 1.807) is 14.2 Å². The van der Waals surface area contributed by atoms with Crippen molar-refractivity contribution in [3.63, 3.8) is 0 Å². The first-order valence-corrected chi connectivity index (χ1v) is 11.0. The number of hydrogen-bond acceptors (Lipinski definition) is 6. The summed E-state index contributed by atoms with van der Waals surface area (Å²) in [5, 5.41) is 2.78. The van der Waals surface area contributed by atoms with Crippen molar-refractivity contribution in [2.45, 2.75) is 33.4 Å². The van der Waals surface area contributed by atoms with Crippen molar-refractivity contribution < 1.29 is 19.0 Å². The van der Waals surface area contributed by atoms with Crippen molar-refractivity contribution in [3.05, 3.63) is 69.7 Å². The lowest BCUT2D eigenvalue weighted by molar-refractivity contribution is -0.130. The molecule has 0 atom stereocenters. The van der Waals surface area contributed by atoms with Crippen LogP contribution >= 0.6 is 11.3 Å². The summed E-state index contributed by atoms with van der Waals surface area (Å²) >= 11 is 1.51. The van der Waals surface area contributed by atoms with Crippen molar-refractivity contribution >= 4 is 17.2 Å². The minimum atomic E-state index is 0.0357. The van der Waals surface area contributed by atoms with Gasteiger partial charge < -0.3 is 19.1 Å². The van der Waals surface area contributed by atoms with Gasteiger partial charge in [0.25, 0.3) is 0 Å². The SMILES string of the molecule is CCN(Cc1ccc(OC)c(OC)c1)C(=O)Cc1csc(COc2ccc(C)cc2)n1. The van der Waals surface area contributed by atoms with Gasteiger partial charge in [-0.05, 0) is 43.7 Å². The number of ether oxygens (including phenoxy) is 3. The highest BCUT2D eigenvalue weighted by Gasteiger charge is 2.16. The number of carbonyl (C=O) groups excluding carboxylic acids is 1. The maximum Gasteiger partial charge on any atom is 0.228 e. The van der Waals surface area contributed by atoms with Gasteiger partial charge in [0.05, 0.1) is 26.3 Å². The molecule has 6 nitrogen and oxygen atoms in total. The minimum Gasteiger partial charge on any atom is -0.493 e. The van der Waals surface area contributed by atoms with Crippen LogP contribution in [0.2, 0.25) is 0 Å². The Morgan fingerprint density at radius 1 is 1.06 bits per heavy atom. The number of thiazole rings is 1. The summed E-state index contributed by atoms with van der Waals surface area (Å²) < 4.78 is 16.4. The molecule has 1 heterocycles. The normalized spacial score (nSPS) is 10.6. The third-order valence-electron chi connectivity index (χ3n) is 4.87. The maximum atomic E-state index is 12.8. The van der Waals surface area contributed by atoms with E-state index in [2.05, 4.69) is 4.98 Å². The highest BCUT2D eigenvalue weighted by Crippen LogP contribution is 2.28. The summed E-state index contributed by atoms with van der Waals surface area (Å²) in [5.74, 6) is 2.17. The first kappa shape index (κ1) is 22.6. The van der Waals surface area contributed by atoms with Crippen LogP contribution in [0.15, 0.2) is 47.8 Å². The molecule has 0 spiro atoms. The Bertz CT molecular complexity index is 1000. The van der Waals surface area contributed by atoms with Gasteiger partial charge >= 0.3 is 0 Å². The van der Waals surface area contributed by atoms with Gasteiger partial charge in [0.15, 0.2) is 11.5 Å². The van der Waals surface area contributed by atoms with Crippen LogP contribution in [0.25, 0.3) is 0 Å². The molecule has 0 N–H and O–H groups in total. The molecule has 0 saturated heterocycles. The predicted molar refractivity (Wildman–Crippen MR) is 122 cm³/mol. The van der Waals surface area contributed by atoms with Gasteiger partial charge in [-0.1, -0.05) is 23.8 Å². The molecule has 0 bridgehead atoms. The van der Waals surface area contributed by atoms with Crippen LogP contribution in [0.4, 0.5) is 0 Å². The standard InChI is InChI=1S/C24H28N2O4S/c1-5-26(14-18-8-11-21(28-3)22(12-18)29-4)24(27)13-19-16-31-23(25-19)15-30-20-9-6-17(2)7-10-20/h6-12,16H,5,13-15H2,1-4H3. The van der Waals surface area contributed by atoms with Crippen LogP contribution in [0.5, 0.6) is 17.2 Å². The van der Waals surface area contributed by atoms with Gasteiger partial charge in [-0.15, -0.1) is 11.3 Å². The molecule has 0 radical (unpaired) electrons. The molecule has 3 aromatic rings. The third-order valence-corrected chi connectivity index (χ3v) is 5.74. The number of aryl methyl sites for hydroxylation is 1. The molecule has 31 heavy (non-hydrogen) atoms. The summed E-state index contributed by atoms with van der Waals surface area (Å²) in [7, 11) is 3.21. The number of methoxy groups -OCH3 is 2.